The fraction of sp³-hybridized carbons (Fsp3) is 0.462. The van der Waals surface area contributed by atoms with Gasteiger partial charge in [-0.25, -0.2) is 0 Å². The Morgan fingerprint density at radius 3 is 2.94 bits per heavy atom. The Morgan fingerprint density at radius 1 is 1.56 bits per heavy atom. The van der Waals surface area contributed by atoms with Gasteiger partial charge < -0.3 is 0 Å². The first-order valence-corrected chi connectivity index (χ1v) is 6.06. The van der Waals surface area contributed by atoms with Gasteiger partial charge in [0.1, 0.15) is 0 Å². The number of nitro groups is 1. The third-order valence-corrected chi connectivity index (χ3v) is 3.25. The highest BCUT2D eigenvalue weighted by Gasteiger charge is 2.21. The van der Waals surface area contributed by atoms with E-state index < -0.39 is 4.92 Å². The van der Waals surface area contributed by atoms with Gasteiger partial charge >= 0.3 is 0 Å². The molecule has 5 heteroatoms. The molecule has 0 aromatic heterocycles. The molecule has 1 heterocycles. The van der Waals surface area contributed by atoms with Gasteiger partial charge in [-0.2, -0.15) is 0 Å². The molecule has 1 aliphatic heterocycles. The number of ketones is 1. The average molecular weight is 248 g/mol. The van der Waals surface area contributed by atoms with Gasteiger partial charge in [0.05, 0.1) is 11.5 Å². The lowest BCUT2D eigenvalue weighted by atomic mass is 10.1. The molecule has 2 rings (SSSR count). The molecule has 1 aliphatic rings. The molecule has 0 N–H and O–H groups in total. The molecule has 0 saturated carbocycles. The molecule has 1 aromatic rings. The molecule has 1 atom stereocenters. The number of Topliss-reactive ketones (excluding diaryl/α,β-unsaturated/α-hetero) is 1. The van der Waals surface area contributed by atoms with E-state index in [1.807, 2.05) is 0 Å². The maximum atomic E-state index is 12.0. The van der Waals surface area contributed by atoms with Crippen molar-refractivity contribution in [3.05, 3.63) is 39.9 Å². The highest BCUT2D eigenvalue weighted by Crippen LogP contribution is 2.17. The van der Waals surface area contributed by atoms with E-state index in [1.54, 1.807) is 12.1 Å². The standard InChI is InChI=1S/C13H16N2O3/c1-10-5-6-14(8-10)9-13(16)11-3-2-4-12(7-11)15(17)18/h2-4,7,10H,5-6,8-9H2,1H3. The van der Waals surface area contributed by atoms with E-state index in [-0.39, 0.29) is 11.5 Å². The number of likely N-dealkylation sites (tertiary alicyclic amines) is 1. The predicted octanol–water partition coefficient (Wildman–Crippen LogP) is 2.12. The Balaban J connectivity index is 2.04. The van der Waals surface area contributed by atoms with Crippen LogP contribution in [0.15, 0.2) is 24.3 Å². The van der Waals surface area contributed by atoms with E-state index in [4.69, 9.17) is 0 Å². The molecule has 0 amide bonds. The van der Waals surface area contributed by atoms with Crippen molar-refractivity contribution in [2.75, 3.05) is 19.6 Å². The molecule has 1 saturated heterocycles. The van der Waals surface area contributed by atoms with Crippen molar-refractivity contribution in [1.82, 2.24) is 4.90 Å². The number of benzene rings is 1. The van der Waals surface area contributed by atoms with Crippen LogP contribution >= 0.6 is 0 Å². The maximum Gasteiger partial charge on any atom is 0.270 e. The molecule has 1 unspecified atom stereocenters. The Kier molecular flexibility index (Phi) is 3.72. The van der Waals surface area contributed by atoms with Crippen molar-refractivity contribution in [2.45, 2.75) is 13.3 Å². The van der Waals surface area contributed by atoms with E-state index in [9.17, 15) is 14.9 Å². The van der Waals surface area contributed by atoms with Gasteiger partial charge in [-0.3, -0.25) is 19.8 Å². The van der Waals surface area contributed by atoms with Crippen LogP contribution in [0.5, 0.6) is 0 Å². The number of non-ortho nitro benzene ring substituents is 1. The summed E-state index contributed by atoms with van der Waals surface area (Å²) in [6, 6.07) is 5.93. The van der Waals surface area contributed by atoms with E-state index in [1.165, 1.54) is 12.1 Å². The topological polar surface area (TPSA) is 63.5 Å². The van der Waals surface area contributed by atoms with Gasteiger partial charge in [0.25, 0.3) is 5.69 Å². The first-order chi connectivity index (χ1) is 8.56. The van der Waals surface area contributed by atoms with Crippen LogP contribution in [0.2, 0.25) is 0 Å². The fourth-order valence-corrected chi connectivity index (χ4v) is 2.26. The van der Waals surface area contributed by atoms with Crippen LogP contribution in [0.4, 0.5) is 5.69 Å². The molecular weight excluding hydrogens is 232 g/mol. The summed E-state index contributed by atoms with van der Waals surface area (Å²) in [5, 5.41) is 10.6. The van der Waals surface area contributed by atoms with Crippen LogP contribution in [-0.2, 0) is 0 Å². The summed E-state index contributed by atoms with van der Waals surface area (Å²) in [4.78, 5) is 24.3. The van der Waals surface area contributed by atoms with Crippen LogP contribution in [0.1, 0.15) is 23.7 Å². The first kappa shape index (κ1) is 12.7. The maximum absolute atomic E-state index is 12.0. The van der Waals surface area contributed by atoms with Crippen molar-refractivity contribution in [3.8, 4) is 0 Å². The van der Waals surface area contributed by atoms with Gasteiger partial charge in [-0.1, -0.05) is 19.1 Å². The lowest BCUT2D eigenvalue weighted by Crippen LogP contribution is -2.27. The smallest absolute Gasteiger partial charge is 0.270 e. The number of hydrogen-bond donors (Lipinski definition) is 0. The summed E-state index contributed by atoms with van der Waals surface area (Å²) in [6.45, 7) is 4.38. The van der Waals surface area contributed by atoms with Crippen molar-refractivity contribution in [3.63, 3.8) is 0 Å². The molecule has 0 radical (unpaired) electrons. The first-order valence-electron chi connectivity index (χ1n) is 6.06. The van der Waals surface area contributed by atoms with Crippen molar-refractivity contribution < 1.29 is 9.72 Å². The monoisotopic (exact) mass is 248 g/mol. The summed E-state index contributed by atoms with van der Waals surface area (Å²) >= 11 is 0. The predicted molar refractivity (Wildman–Crippen MR) is 67.6 cm³/mol. The van der Waals surface area contributed by atoms with E-state index in [0.29, 0.717) is 18.0 Å². The largest absolute Gasteiger partial charge is 0.296 e. The minimum Gasteiger partial charge on any atom is -0.296 e. The number of carbonyl (C=O) groups excluding carboxylic acids is 1. The second kappa shape index (κ2) is 5.27. The minimum absolute atomic E-state index is 0.0318. The van der Waals surface area contributed by atoms with Crippen molar-refractivity contribution in [1.29, 1.82) is 0 Å². The fourth-order valence-electron chi connectivity index (χ4n) is 2.26. The number of hydrogen-bond acceptors (Lipinski definition) is 4. The Morgan fingerprint density at radius 2 is 2.33 bits per heavy atom. The normalized spacial score (nSPS) is 19.9. The average Bonchev–Trinajstić information content (AvgIpc) is 2.75. The molecule has 5 nitrogen and oxygen atoms in total. The highest BCUT2D eigenvalue weighted by atomic mass is 16.6. The van der Waals surface area contributed by atoms with Crippen LogP contribution < -0.4 is 0 Å². The minimum atomic E-state index is -0.477. The molecule has 1 aromatic carbocycles. The SMILES string of the molecule is CC1CCN(CC(=O)c2cccc([N+](=O)[O-])c2)C1. The number of nitro benzene ring substituents is 1. The highest BCUT2D eigenvalue weighted by molar-refractivity contribution is 5.98. The molecule has 0 spiro atoms. The van der Waals surface area contributed by atoms with Gasteiger partial charge in [-0.05, 0) is 18.9 Å². The lowest BCUT2D eigenvalue weighted by molar-refractivity contribution is -0.384. The zero-order valence-corrected chi connectivity index (χ0v) is 10.3. The summed E-state index contributed by atoms with van der Waals surface area (Å²) in [7, 11) is 0. The van der Waals surface area contributed by atoms with Crippen LogP contribution in [-0.4, -0.2) is 35.2 Å². The quantitative estimate of drug-likeness (QED) is 0.465. The molecule has 1 fully saturated rings. The van der Waals surface area contributed by atoms with E-state index >= 15 is 0 Å². The van der Waals surface area contributed by atoms with Crippen molar-refractivity contribution in [2.24, 2.45) is 5.92 Å². The zero-order chi connectivity index (χ0) is 13.1. The number of nitrogens with zero attached hydrogens (tertiary/aromatic N) is 2. The lowest BCUT2D eigenvalue weighted by Gasteiger charge is -2.13. The summed E-state index contributed by atoms with van der Waals surface area (Å²) in [5.41, 5.74) is 0.388. The Bertz CT molecular complexity index is 473. The summed E-state index contributed by atoms with van der Waals surface area (Å²) in [6.07, 6.45) is 1.11. The summed E-state index contributed by atoms with van der Waals surface area (Å²) < 4.78 is 0. The van der Waals surface area contributed by atoms with E-state index in [2.05, 4.69) is 11.8 Å². The molecule has 0 aliphatic carbocycles. The second-order valence-electron chi connectivity index (χ2n) is 4.86. The van der Waals surface area contributed by atoms with Crippen LogP contribution in [0.25, 0.3) is 0 Å². The van der Waals surface area contributed by atoms with Crippen molar-refractivity contribution >= 4 is 11.5 Å². The number of carbonyl (C=O) groups is 1. The van der Waals surface area contributed by atoms with Gasteiger partial charge in [0, 0.05) is 24.2 Å². The molecule has 0 bridgehead atoms. The summed E-state index contributed by atoms with van der Waals surface area (Å²) in [5.74, 6) is 0.579. The third-order valence-electron chi connectivity index (χ3n) is 3.25. The van der Waals surface area contributed by atoms with Gasteiger partial charge in [0.15, 0.2) is 5.78 Å². The Labute approximate surface area is 106 Å². The third kappa shape index (κ3) is 2.92. The Hall–Kier alpha value is -1.75. The van der Waals surface area contributed by atoms with E-state index in [0.717, 1.165) is 19.5 Å². The molecular formula is C13H16N2O3. The number of rotatable bonds is 4. The zero-order valence-electron chi connectivity index (χ0n) is 10.3. The van der Waals surface area contributed by atoms with Crippen LogP contribution in [0.3, 0.4) is 0 Å². The van der Waals surface area contributed by atoms with Crippen LogP contribution in [0, 0.1) is 16.0 Å². The molecule has 18 heavy (non-hydrogen) atoms. The second-order valence-corrected chi connectivity index (χ2v) is 4.86. The van der Waals surface area contributed by atoms with Gasteiger partial charge in [0.2, 0.25) is 0 Å². The molecule has 96 valence electrons. The van der Waals surface area contributed by atoms with Gasteiger partial charge in [-0.15, -0.1) is 0 Å².